The van der Waals surface area contributed by atoms with Crippen LogP contribution in [0.4, 0.5) is 34.1 Å². The van der Waals surface area contributed by atoms with E-state index in [1.807, 2.05) is 0 Å². The first-order chi connectivity index (χ1) is 52.2. The van der Waals surface area contributed by atoms with Crippen LogP contribution in [0.25, 0.3) is 122 Å². The quantitative estimate of drug-likeness (QED) is 0.127. The maximum atomic E-state index is 5.87. The molecule has 21 rings (SSSR count). The molecule has 107 heavy (non-hydrogen) atoms. The Bertz CT molecular complexity index is 5930. The second kappa shape index (κ2) is 23.6. The van der Waals surface area contributed by atoms with Crippen molar-refractivity contribution < 1.29 is 0 Å². The van der Waals surface area contributed by atoms with Gasteiger partial charge in [-0.25, -0.2) is 15.0 Å². The Balaban J connectivity index is 0.776. The number of para-hydroxylation sites is 3. The Kier molecular flexibility index (Phi) is 14.2. The Morgan fingerprint density at radius 3 is 0.935 bits per heavy atom. The Morgan fingerprint density at radius 2 is 0.551 bits per heavy atom. The standard InChI is InChI=1S/C101H88N6/c1-96-54-18-21-57-99(96,4)105(69-30-10-7-11-31-69)91-51-44-66(60-82(91)96)85-38-25-41-88(102-85)79-63-78(73-37-24-29-65-28-16-17-36-72(65)73)74-47-48-76-80(89-42-26-39-86(103-89)67-45-52-92-83(61-67)97(2)55-19-22-58-100(97,5)106(92)70-32-12-8-13-33-70)64-81(77-50-49-75(79)94(74)95(76)77)90-43-27-40-87(104-90)68-46-53-93-84(62-68)98(3)56-20-23-59-101(98,6)107(93)71-34-14-9-15-35-71/h7-17,24-53,60-64H,18-23,54-59H2,1-6H3. The summed E-state index contributed by atoms with van der Waals surface area (Å²) in [6, 6.07) is 105. The second-order valence-electron chi connectivity index (χ2n) is 33.4. The molecule has 0 N–H and O–H groups in total. The van der Waals surface area contributed by atoms with Crippen LogP contribution in [0.5, 0.6) is 0 Å². The third kappa shape index (κ3) is 9.14. The fraction of sp³-hybridized carbons (Fsp3) is 0.238. The van der Waals surface area contributed by atoms with Gasteiger partial charge in [0.25, 0.3) is 0 Å². The molecule has 3 aliphatic heterocycles. The topological polar surface area (TPSA) is 48.4 Å². The monoisotopic (exact) mass is 1380 g/mol. The van der Waals surface area contributed by atoms with Gasteiger partial charge >= 0.3 is 0 Å². The van der Waals surface area contributed by atoms with Gasteiger partial charge in [-0.05, 0) is 252 Å². The van der Waals surface area contributed by atoms with Gasteiger partial charge in [-0.15, -0.1) is 0 Å². The molecule has 3 fully saturated rings. The molecule has 15 aromatic rings. The number of rotatable bonds is 10. The van der Waals surface area contributed by atoms with Crippen molar-refractivity contribution in [2.45, 2.75) is 151 Å². The van der Waals surface area contributed by atoms with Crippen molar-refractivity contribution in [2.75, 3.05) is 14.7 Å². The molecule has 3 saturated carbocycles. The normalized spacial score (nSPS) is 23.5. The molecule has 6 atom stereocenters. The highest BCUT2D eigenvalue weighted by molar-refractivity contribution is 6.32. The summed E-state index contributed by atoms with van der Waals surface area (Å²) in [5.74, 6) is 0. The first-order valence-corrected chi connectivity index (χ1v) is 39.5. The van der Waals surface area contributed by atoms with Crippen LogP contribution in [0.3, 0.4) is 0 Å². The molecule has 3 aliphatic carbocycles. The van der Waals surface area contributed by atoms with Crippen LogP contribution in [0.2, 0.25) is 0 Å². The lowest BCUT2D eigenvalue weighted by Gasteiger charge is -2.50. The molecule has 0 amide bonds. The van der Waals surface area contributed by atoms with E-state index in [0.29, 0.717) is 0 Å². The van der Waals surface area contributed by atoms with Crippen LogP contribution in [0.1, 0.15) is 135 Å². The molecule has 0 radical (unpaired) electrons. The lowest BCUT2D eigenvalue weighted by atomic mass is 9.61. The minimum absolute atomic E-state index is 0.0415. The van der Waals surface area contributed by atoms with Crippen LogP contribution in [-0.2, 0) is 16.2 Å². The van der Waals surface area contributed by atoms with E-state index in [-0.39, 0.29) is 32.9 Å². The van der Waals surface area contributed by atoms with Crippen LogP contribution < -0.4 is 14.7 Å². The molecular formula is C101H88N6. The zero-order valence-corrected chi connectivity index (χ0v) is 62.2. The van der Waals surface area contributed by atoms with Gasteiger partial charge in [0.15, 0.2) is 0 Å². The van der Waals surface area contributed by atoms with Gasteiger partial charge in [-0.1, -0.05) is 217 Å². The van der Waals surface area contributed by atoms with Crippen molar-refractivity contribution in [1.82, 2.24) is 15.0 Å². The number of anilines is 6. The fourth-order valence-electron chi connectivity index (χ4n) is 22.2. The molecule has 0 saturated heterocycles. The summed E-state index contributed by atoms with van der Waals surface area (Å²) < 4.78 is 0. The number of nitrogens with zero attached hydrogens (tertiary/aromatic N) is 6. The fourth-order valence-corrected chi connectivity index (χ4v) is 22.2. The predicted octanol–water partition coefficient (Wildman–Crippen LogP) is 26.8. The van der Waals surface area contributed by atoms with Gasteiger partial charge in [0.2, 0.25) is 0 Å². The maximum absolute atomic E-state index is 5.87. The van der Waals surface area contributed by atoms with Crippen molar-refractivity contribution in [3.63, 3.8) is 0 Å². The molecule has 6 heterocycles. The summed E-state index contributed by atoms with van der Waals surface area (Å²) in [5, 5.41) is 9.50. The summed E-state index contributed by atoms with van der Waals surface area (Å²) >= 11 is 0. The first kappa shape index (κ1) is 64.2. The third-order valence-electron chi connectivity index (χ3n) is 28.3. The largest absolute Gasteiger partial charge is 0.334 e. The average molecular weight is 1390 g/mol. The highest BCUT2D eigenvalue weighted by Crippen LogP contribution is 2.65. The molecule has 6 nitrogen and oxygen atoms in total. The molecule has 0 bridgehead atoms. The van der Waals surface area contributed by atoms with Crippen LogP contribution in [0.15, 0.2) is 279 Å². The summed E-state index contributed by atoms with van der Waals surface area (Å²) in [4.78, 5) is 25.6. The minimum atomic E-state index is -0.0678. The zero-order valence-electron chi connectivity index (χ0n) is 62.2. The molecule has 6 unspecified atom stereocenters. The lowest BCUT2D eigenvalue weighted by Crippen LogP contribution is -2.54. The van der Waals surface area contributed by atoms with E-state index in [9.17, 15) is 0 Å². The van der Waals surface area contributed by atoms with Crippen molar-refractivity contribution >= 4 is 77.2 Å². The van der Waals surface area contributed by atoms with Crippen LogP contribution in [0, 0.1) is 0 Å². The highest BCUT2D eigenvalue weighted by Gasteiger charge is 2.60. The first-order valence-electron chi connectivity index (χ1n) is 39.5. The molecule has 3 aromatic heterocycles. The lowest BCUT2D eigenvalue weighted by molar-refractivity contribution is 0.195. The zero-order chi connectivity index (χ0) is 71.8. The molecule has 522 valence electrons. The molecular weight excluding hydrogens is 1300 g/mol. The van der Waals surface area contributed by atoms with Gasteiger partial charge in [0, 0.05) is 83.7 Å². The number of hydrogen-bond acceptors (Lipinski definition) is 6. The second-order valence-corrected chi connectivity index (χ2v) is 33.4. The Hall–Kier alpha value is -11.2. The molecule has 12 aromatic carbocycles. The van der Waals surface area contributed by atoms with E-state index in [1.165, 1.54) is 127 Å². The smallest absolute Gasteiger partial charge is 0.0716 e. The summed E-state index contributed by atoms with van der Waals surface area (Å²) in [6.07, 6.45) is 14.2. The number of hydrogen-bond donors (Lipinski definition) is 0. The Labute approximate surface area is 628 Å². The van der Waals surface area contributed by atoms with Gasteiger partial charge in [-0.2, -0.15) is 0 Å². The van der Waals surface area contributed by atoms with E-state index in [1.54, 1.807) is 0 Å². The highest BCUT2D eigenvalue weighted by atomic mass is 15.3. The van der Waals surface area contributed by atoms with Crippen molar-refractivity contribution in [3.05, 3.63) is 296 Å². The SMILES string of the molecule is CC12CCCCC1(C)N(c1ccccc1)c1ccc(-c3cccc(-c4cc(-c5cccc(-c6ccc7c(c6)C6(C)CCCCC6(C)N7c6ccccc6)n5)c5ccc6c(-c7cccc8ccccc78)cc(-c7cccc(-c8ccc9c(c8)C8(C)CCCCC8(C)N9c8ccccc8)n7)c7ccc4c5c76)n3)cc12. The molecule has 0 spiro atoms. The van der Waals surface area contributed by atoms with Crippen molar-refractivity contribution in [2.24, 2.45) is 0 Å². The van der Waals surface area contributed by atoms with Crippen LogP contribution >= 0.6 is 0 Å². The molecule has 6 heteroatoms. The van der Waals surface area contributed by atoms with E-state index in [0.717, 1.165) is 122 Å². The van der Waals surface area contributed by atoms with E-state index in [4.69, 9.17) is 15.0 Å². The number of benzene rings is 12. The average Bonchev–Trinajstić information content (AvgIpc) is 1.63. The summed E-state index contributed by atoms with van der Waals surface area (Å²) in [5.41, 5.74) is 26.4. The number of aromatic nitrogens is 3. The summed E-state index contributed by atoms with van der Waals surface area (Å²) in [6.45, 7) is 15.2. The van der Waals surface area contributed by atoms with Gasteiger partial charge in [0.1, 0.15) is 0 Å². The van der Waals surface area contributed by atoms with Crippen LogP contribution in [-0.4, -0.2) is 31.6 Å². The van der Waals surface area contributed by atoms with Crippen molar-refractivity contribution in [1.29, 1.82) is 0 Å². The van der Waals surface area contributed by atoms with Gasteiger partial charge in [0.05, 0.1) is 50.8 Å². The Morgan fingerprint density at radius 1 is 0.243 bits per heavy atom. The summed E-state index contributed by atoms with van der Waals surface area (Å²) in [7, 11) is 0. The number of pyridine rings is 3. The van der Waals surface area contributed by atoms with E-state index >= 15 is 0 Å². The predicted molar refractivity (Wildman–Crippen MR) is 448 cm³/mol. The third-order valence-corrected chi connectivity index (χ3v) is 28.3. The van der Waals surface area contributed by atoms with E-state index in [2.05, 4.69) is 335 Å². The number of fused-ring (bicyclic) bond motifs is 10. The van der Waals surface area contributed by atoms with Gasteiger partial charge in [-0.3, -0.25) is 0 Å². The maximum Gasteiger partial charge on any atom is 0.0716 e. The minimum Gasteiger partial charge on any atom is -0.334 e. The van der Waals surface area contributed by atoms with E-state index < -0.39 is 0 Å². The van der Waals surface area contributed by atoms with Gasteiger partial charge < -0.3 is 14.7 Å². The van der Waals surface area contributed by atoms with Crippen molar-refractivity contribution in [3.8, 4) is 78.7 Å². The molecule has 6 aliphatic rings.